The quantitative estimate of drug-likeness (QED) is 0.498. The molecule has 0 saturated heterocycles. The summed E-state index contributed by atoms with van der Waals surface area (Å²) in [7, 11) is 0. The number of hydrogen-bond donors (Lipinski definition) is 1. The van der Waals surface area contributed by atoms with Crippen LogP contribution in [0.2, 0.25) is 10.0 Å². The maximum Gasteiger partial charge on any atom is 0.163 e. The van der Waals surface area contributed by atoms with Crippen molar-refractivity contribution in [3.05, 3.63) is 40.4 Å². The standard InChI is InChI=1S/C11H11Cl2NO/c1-2-3-4-10(15)7-5-8(12)11(14)9(13)6-7/h2,5-6H,1,3-4,14H2. The minimum atomic E-state index is -0.0151. The van der Waals surface area contributed by atoms with Crippen molar-refractivity contribution in [2.45, 2.75) is 12.8 Å². The number of Topliss-reactive ketones (excluding diaryl/α,β-unsaturated/α-hetero) is 1. The summed E-state index contributed by atoms with van der Waals surface area (Å²) in [4.78, 5) is 11.6. The molecule has 0 saturated carbocycles. The number of carbonyl (C=O) groups excluding carboxylic acids is 1. The predicted molar refractivity (Wildman–Crippen MR) is 64.6 cm³/mol. The number of carbonyl (C=O) groups is 1. The van der Waals surface area contributed by atoms with Crippen LogP contribution in [-0.2, 0) is 0 Å². The molecule has 2 nitrogen and oxygen atoms in total. The normalized spacial score (nSPS) is 10.0. The van der Waals surface area contributed by atoms with Crippen LogP contribution in [0.3, 0.4) is 0 Å². The molecule has 0 heterocycles. The number of halogens is 2. The molecule has 0 aliphatic carbocycles. The van der Waals surface area contributed by atoms with Crippen LogP contribution in [-0.4, -0.2) is 5.78 Å². The average Bonchev–Trinajstić information content (AvgIpc) is 2.21. The van der Waals surface area contributed by atoms with Crippen LogP contribution in [0.25, 0.3) is 0 Å². The van der Waals surface area contributed by atoms with Crippen molar-refractivity contribution >= 4 is 34.7 Å². The van der Waals surface area contributed by atoms with Gasteiger partial charge in [0.1, 0.15) is 0 Å². The molecule has 0 bridgehead atoms. The zero-order chi connectivity index (χ0) is 11.4. The second-order valence-electron chi connectivity index (χ2n) is 3.10. The van der Waals surface area contributed by atoms with E-state index in [1.54, 1.807) is 6.08 Å². The molecule has 0 atom stereocenters. The summed E-state index contributed by atoms with van der Waals surface area (Å²) in [5.74, 6) is -0.0151. The number of nitrogen functional groups attached to an aromatic ring is 1. The average molecular weight is 244 g/mol. The van der Waals surface area contributed by atoms with Crippen molar-refractivity contribution in [2.24, 2.45) is 0 Å². The van der Waals surface area contributed by atoms with Crippen molar-refractivity contribution < 1.29 is 4.79 Å². The Hall–Kier alpha value is -0.990. The van der Waals surface area contributed by atoms with Gasteiger partial charge in [0.25, 0.3) is 0 Å². The second kappa shape index (κ2) is 5.19. The lowest BCUT2D eigenvalue weighted by Crippen LogP contribution is -2.00. The van der Waals surface area contributed by atoms with E-state index >= 15 is 0 Å². The molecule has 80 valence electrons. The Labute approximate surface area is 98.7 Å². The molecule has 2 N–H and O–H groups in total. The van der Waals surface area contributed by atoms with E-state index in [-0.39, 0.29) is 5.78 Å². The Balaban J connectivity index is 2.95. The van der Waals surface area contributed by atoms with Crippen molar-refractivity contribution in [3.63, 3.8) is 0 Å². The van der Waals surface area contributed by atoms with Crippen LogP contribution in [0.5, 0.6) is 0 Å². The van der Waals surface area contributed by atoms with Crippen LogP contribution < -0.4 is 5.73 Å². The van der Waals surface area contributed by atoms with Gasteiger partial charge in [0.15, 0.2) is 5.78 Å². The van der Waals surface area contributed by atoms with Crippen LogP contribution in [0, 0.1) is 0 Å². The van der Waals surface area contributed by atoms with E-state index in [1.165, 1.54) is 12.1 Å². The minimum absolute atomic E-state index is 0.0151. The molecular formula is C11H11Cl2NO. The number of rotatable bonds is 4. The number of ketones is 1. The zero-order valence-corrected chi connectivity index (χ0v) is 9.61. The Kier molecular flexibility index (Phi) is 4.18. The minimum Gasteiger partial charge on any atom is -0.396 e. The van der Waals surface area contributed by atoms with Gasteiger partial charge in [-0.2, -0.15) is 0 Å². The van der Waals surface area contributed by atoms with Gasteiger partial charge in [-0.05, 0) is 18.6 Å². The number of hydrogen-bond acceptors (Lipinski definition) is 2. The van der Waals surface area contributed by atoms with Gasteiger partial charge in [-0.25, -0.2) is 0 Å². The smallest absolute Gasteiger partial charge is 0.163 e. The maximum absolute atomic E-state index is 11.6. The van der Waals surface area contributed by atoms with E-state index in [2.05, 4.69) is 6.58 Å². The monoisotopic (exact) mass is 243 g/mol. The molecule has 0 amide bonds. The Morgan fingerprint density at radius 2 is 1.93 bits per heavy atom. The molecule has 0 aliphatic rings. The SMILES string of the molecule is C=CCCC(=O)c1cc(Cl)c(N)c(Cl)c1. The molecule has 0 aromatic heterocycles. The number of nitrogens with two attached hydrogens (primary N) is 1. The van der Waals surface area contributed by atoms with Crippen molar-refractivity contribution in [2.75, 3.05) is 5.73 Å². The van der Waals surface area contributed by atoms with E-state index in [0.29, 0.717) is 34.1 Å². The lowest BCUT2D eigenvalue weighted by atomic mass is 10.1. The molecule has 0 spiro atoms. The molecule has 4 heteroatoms. The molecule has 0 fully saturated rings. The van der Waals surface area contributed by atoms with Gasteiger partial charge in [0.2, 0.25) is 0 Å². The van der Waals surface area contributed by atoms with Gasteiger partial charge in [-0.1, -0.05) is 29.3 Å². The summed E-state index contributed by atoms with van der Waals surface area (Å²) in [6.45, 7) is 3.55. The van der Waals surface area contributed by atoms with Gasteiger partial charge in [0, 0.05) is 12.0 Å². The van der Waals surface area contributed by atoms with Gasteiger partial charge in [-0.15, -0.1) is 6.58 Å². The summed E-state index contributed by atoms with van der Waals surface area (Å²) in [5.41, 5.74) is 6.35. The first-order valence-electron chi connectivity index (χ1n) is 4.45. The highest BCUT2D eigenvalue weighted by Crippen LogP contribution is 2.29. The van der Waals surface area contributed by atoms with E-state index in [9.17, 15) is 4.79 Å². The van der Waals surface area contributed by atoms with Gasteiger partial charge < -0.3 is 5.73 Å². The Bertz CT molecular complexity index is 379. The molecule has 0 unspecified atom stereocenters. The highest BCUT2D eigenvalue weighted by molar-refractivity contribution is 6.39. The fourth-order valence-corrected chi connectivity index (χ4v) is 1.61. The second-order valence-corrected chi connectivity index (χ2v) is 3.92. The lowest BCUT2D eigenvalue weighted by Gasteiger charge is -2.04. The third-order valence-corrected chi connectivity index (χ3v) is 2.60. The van der Waals surface area contributed by atoms with Crippen LogP contribution in [0.1, 0.15) is 23.2 Å². The fraction of sp³-hybridized carbons (Fsp3) is 0.182. The molecule has 0 aliphatic heterocycles. The van der Waals surface area contributed by atoms with Gasteiger partial charge in [0.05, 0.1) is 15.7 Å². The fourth-order valence-electron chi connectivity index (χ4n) is 1.12. The predicted octanol–water partition coefficient (Wildman–Crippen LogP) is 3.72. The van der Waals surface area contributed by atoms with E-state index in [4.69, 9.17) is 28.9 Å². The van der Waals surface area contributed by atoms with Crippen LogP contribution >= 0.6 is 23.2 Å². The number of anilines is 1. The summed E-state index contributed by atoms with van der Waals surface area (Å²) in [6, 6.07) is 3.07. The highest BCUT2D eigenvalue weighted by atomic mass is 35.5. The molecule has 0 radical (unpaired) electrons. The van der Waals surface area contributed by atoms with Gasteiger partial charge >= 0.3 is 0 Å². The van der Waals surface area contributed by atoms with Crippen LogP contribution in [0.15, 0.2) is 24.8 Å². The van der Waals surface area contributed by atoms with Crippen molar-refractivity contribution in [1.82, 2.24) is 0 Å². The summed E-state index contributed by atoms with van der Waals surface area (Å²) in [5, 5.41) is 0.619. The number of allylic oxidation sites excluding steroid dienone is 1. The summed E-state index contributed by atoms with van der Waals surface area (Å²) < 4.78 is 0. The van der Waals surface area contributed by atoms with E-state index in [0.717, 1.165) is 0 Å². The van der Waals surface area contributed by atoms with E-state index < -0.39 is 0 Å². The molecule has 1 aromatic rings. The van der Waals surface area contributed by atoms with Crippen molar-refractivity contribution in [1.29, 1.82) is 0 Å². The van der Waals surface area contributed by atoms with E-state index in [1.807, 2.05) is 0 Å². The summed E-state index contributed by atoms with van der Waals surface area (Å²) >= 11 is 11.6. The molecule has 15 heavy (non-hydrogen) atoms. The topological polar surface area (TPSA) is 43.1 Å². The lowest BCUT2D eigenvalue weighted by molar-refractivity contribution is 0.0983. The Morgan fingerprint density at radius 1 is 1.40 bits per heavy atom. The molecule has 1 rings (SSSR count). The Morgan fingerprint density at radius 3 is 2.40 bits per heavy atom. The largest absolute Gasteiger partial charge is 0.396 e. The highest BCUT2D eigenvalue weighted by Gasteiger charge is 2.10. The summed E-state index contributed by atoms with van der Waals surface area (Å²) in [6.07, 6.45) is 2.73. The molecular weight excluding hydrogens is 233 g/mol. The first-order valence-corrected chi connectivity index (χ1v) is 5.20. The third-order valence-electron chi connectivity index (χ3n) is 1.98. The zero-order valence-electron chi connectivity index (χ0n) is 8.09. The van der Waals surface area contributed by atoms with Crippen molar-refractivity contribution in [3.8, 4) is 0 Å². The number of benzene rings is 1. The first kappa shape index (κ1) is 12.1. The third kappa shape index (κ3) is 2.98. The maximum atomic E-state index is 11.6. The molecule has 1 aromatic carbocycles. The van der Waals surface area contributed by atoms with Gasteiger partial charge in [-0.3, -0.25) is 4.79 Å². The van der Waals surface area contributed by atoms with Crippen LogP contribution in [0.4, 0.5) is 5.69 Å². The first-order chi connectivity index (χ1) is 7.06.